The molecule has 0 amide bonds. The van der Waals surface area contributed by atoms with Crippen molar-refractivity contribution in [1.82, 2.24) is 5.32 Å². The van der Waals surface area contributed by atoms with Gasteiger partial charge in [-0.3, -0.25) is 4.79 Å². The van der Waals surface area contributed by atoms with Crippen molar-refractivity contribution in [2.24, 2.45) is 0 Å². The third-order valence-corrected chi connectivity index (χ3v) is 2.43. The van der Waals surface area contributed by atoms with Gasteiger partial charge in [0, 0.05) is 0 Å². The van der Waals surface area contributed by atoms with Gasteiger partial charge >= 0.3 is 5.97 Å². The molecule has 0 aromatic rings. The van der Waals surface area contributed by atoms with Crippen LogP contribution in [-0.4, -0.2) is 35.4 Å². The molecule has 1 heterocycles. The SMILES string of the molecule is CC(C)(C)OC(=O)CC1(O)CCNCC1.Cl. The van der Waals surface area contributed by atoms with Gasteiger partial charge < -0.3 is 15.2 Å². The molecule has 96 valence electrons. The Hall–Kier alpha value is -0.320. The van der Waals surface area contributed by atoms with E-state index in [1.165, 1.54) is 0 Å². The van der Waals surface area contributed by atoms with Crippen LogP contribution in [0.15, 0.2) is 0 Å². The number of hydrogen-bond donors (Lipinski definition) is 2. The molecule has 4 nitrogen and oxygen atoms in total. The molecule has 0 aromatic heterocycles. The standard InChI is InChI=1S/C11H21NO3.ClH/c1-10(2,3)15-9(13)8-11(14)4-6-12-7-5-11;/h12,14H,4-8H2,1-3H3;1H. The fraction of sp³-hybridized carbons (Fsp3) is 0.909. The number of esters is 1. The summed E-state index contributed by atoms with van der Waals surface area (Å²) in [6.07, 6.45) is 1.34. The van der Waals surface area contributed by atoms with Crippen LogP contribution in [-0.2, 0) is 9.53 Å². The van der Waals surface area contributed by atoms with Crippen molar-refractivity contribution < 1.29 is 14.6 Å². The Labute approximate surface area is 103 Å². The Morgan fingerprint density at radius 3 is 2.31 bits per heavy atom. The molecule has 5 heteroatoms. The Balaban J connectivity index is 0.00000225. The third kappa shape index (κ3) is 5.68. The van der Waals surface area contributed by atoms with E-state index in [4.69, 9.17) is 4.74 Å². The number of aliphatic hydroxyl groups is 1. The predicted molar refractivity (Wildman–Crippen MR) is 64.8 cm³/mol. The van der Waals surface area contributed by atoms with E-state index in [2.05, 4.69) is 5.32 Å². The van der Waals surface area contributed by atoms with Crippen LogP contribution in [0.1, 0.15) is 40.0 Å². The van der Waals surface area contributed by atoms with Crippen LogP contribution in [0.4, 0.5) is 0 Å². The average molecular weight is 252 g/mol. The fourth-order valence-electron chi connectivity index (χ4n) is 1.72. The molecule has 0 aliphatic carbocycles. The molecule has 1 rings (SSSR count). The van der Waals surface area contributed by atoms with E-state index in [-0.39, 0.29) is 24.8 Å². The zero-order valence-electron chi connectivity index (χ0n) is 10.2. The van der Waals surface area contributed by atoms with Crippen LogP contribution in [0.3, 0.4) is 0 Å². The summed E-state index contributed by atoms with van der Waals surface area (Å²) >= 11 is 0. The van der Waals surface area contributed by atoms with Crippen molar-refractivity contribution in [1.29, 1.82) is 0 Å². The molecule has 0 aromatic carbocycles. The number of ether oxygens (including phenoxy) is 1. The van der Waals surface area contributed by atoms with Gasteiger partial charge in [0.15, 0.2) is 0 Å². The summed E-state index contributed by atoms with van der Waals surface area (Å²) in [4.78, 5) is 11.5. The molecule has 1 aliphatic heterocycles. The lowest BCUT2D eigenvalue weighted by atomic mass is 9.89. The van der Waals surface area contributed by atoms with Crippen LogP contribution in [0.25, 0.3) is 0 Å². The zero-order valence-corrected chi connectivity index (χ0v) is 11.0. The predicted octanol–water partition coefficient (Wildman–Crippen LogP) is 1.25. The summed E-state index contributed by atoms with van der Waals surface area (Å²) in [7, 11) is 0. The topological polar surface area (TPSA) is 58.6 Å². The highest BCUT2D eigenvalue weighted by atomic mass is 35.5. The average Bonchev–Trinajstić information content (AvgIpc) is 1.99. The zero-order chi connectivity index (χ0) is 11.5. The van der Waals surface area contributed by atoms with Gasteiger partial charge in [-0.2, -0.15) is 0 Å². The molecule has 1 saturated heterocycles. The largest absolute Gasteiger partial charge is 0.460 e. The molecule has 0 atom stereocenters. The van der Waals surface area contributed by atoms with Crippen molar-refractivity contribution in [2.75, 3.05) is 13.1 Å². The van der Waals surface area contributed by atoms with Crippen LogP contribution in [0.5, 0.6) is 0 Å². The lowest BCUT2D eigenvalue weighted by molar-refractivity contribution is -0.161. The molecular formula is C11H22ClNO3. The summed E-state index contributed by atoms with van der Waals surface area (Å²) in [5.74, 6) is -0.313. The van der Waals surface area contributed by atoms with E-state index in [0.29, 0.717) is 12.8 Å². The van der Waals surface area contributed by atoms with E-state index in [1.54, 1.807) is 0 Å². The highest BCUT2D eigenvalue weighted by molar-refractivity contribution is 5.85. The molecule has 16 heavy (non-hydrogen) atoms. The lowest BCUT2D eigenvalue weighted by Crippen LogP contribution is -2.44. The molecule has 0 spiro atoms. The highest BCUT2D eigenvalue weighted by Crippen LogP contribution is 2.23. The molecule has 2 N–H and O–H groups in total. The normalized spacial score (nSPS) is 19.8. The van der Waals surface area contributed by atoms with E-state index >= 15 is 0 Å². The van der Waals surface area contributed by atoms with Gasteiger partial charge in [-0.1, -0.05) is 0 Å². The van der Waals surface area contributed by atoms with Gasteiger partial charge in [-0.25, -0.2) is 0 Å². The van der Waals surface area contributed by atoms with Crippen LogP contribution < -0.4 is 5.32 Å². The van der Waals surface area contributed by atoms with Crippen molar-refractivity contribution >= 4 is 18.4 Å². The second-order valence-corrected chi connectivity index (χ2v) is 5.24. The highest BCUT2D eigenvalue weighted by Gasteiger charge is 2.33. The Bertz CT molecular complexity index is 232. The fourth-order valence-corrected chi connectivity index (χ4v) is 1.72. The minimum atomic E-state index is -0.867. The molecule has 0 unspecified atom stereocenters. The maximum absolute atomic E-state index is 11.5. The van der Waals surface area contributed by atoms with Gasteiger partial charge in [0.2, 0.25) is 0 Å². The summed E-state index contributed by atoms with van der Waals surface area (Å²) < 4.78 is 5.19. The number of halogens is 1. The Morgan fingerprint density at radius 2 is 1.88 bits per heavy atom. The van der Waals surface area contributed by atoms with Crippen molar-refractivity contribution in [3.63, 3.8) is 0 Å². The van der Waals surface area contributed by atoms with E-state index in [0.717, 1.165) is 13.1 Å². The van der Waals surface area contributed by atoms with Crippen LogP contribution >= 0.6 is 12.4 Å². The van der Waals surface area contributed by atoms with Crippen molar-refractivity contribution in [3.8, 4) is 0 Å². The summed E-state index contributed by atoms with van der Waals surface area (Å²) in [5.41, 5.74) is -1.34. The second kappa shape index (κ2) is 5.84. The summed E-state index contributed by atoms with van der Waals surface area (Å²) in [5, 5.41) is 13.2. The van der Waals surface area contributed by atoms with Gasteiger partial charge in [-0.15, -0.1) is 12.4 Å². The first-order chi connectivity index (χ1) is 6.81. The maximum atomic E-state index is 11.5. The van der Waals surface area contributed by atoms with Gasteiger partial charge in [0.05, 0.1) is 12.0 Å². The van der Waals surface area contributed by atoms with Gasteiger partial charge in [0.1, 0.15) is 5.60 Å². The number of piperidine rings is 1. The van der Waals surface area contributed by atoms with Gasteiger partial charge in [-0.05, 0) is 46.7 Å². The van der Waals surface area contributed by atoms with Crippen LogP contribution in [0, 0.1) is 0 Å². The van der Waals surface area contributed by atoms with Crippen molar-refractivity contribution in [3.05, 3.63) is 0 Å². The number of hydrogen-bond acceptors (Lipinski definition) is 4. The minimum Gasteiger partial charge on any atom is -0.460 e. The monoisotopic (exact) mass is 251 g/mol. The smallest absolute Gasteiger partial charge is 0.309 e. The Kier molecular flexibility index (Phi) is 5.73. The first-order valence-corrected chi connectivity index (χ1v) is 5.46. The lowest BCUT2D eigenvalue weighted by Gasteiger charge is -2.32. The summed E-state index contributed by atoms with van der Waals surface area (Å²) in [6.45, 7) is 7.02. The van der Waals surface area contributed by atoms with E-state index in [1.807, 2.05) is 20.8 Å². The summed E-state index contributed by atoms with van der Waals surface area (Å²) in [6, 6.07) is 0. The van der Waals surface area contributed by atoms with E-state index in [9.17, 15) is 9.90 Å². The molecule has 0 saturated carbocycles. The number of carbonyl (C=O) groups excluding carboxylic acids is 1. The maximum Gasteiger partial charge on any atom is 0.309 e. The van der Waals surface area contributed by atoms with Gasteiger partial charge in [0.25, 0.3) is 0 Å². The number of nitrogens with one attached hydrogen (secondary N) is 1. The first kappa shape index (κ1) is 15.7. The molecule has 0 radical (unpaired) electrons. The number of rotatable bonds is 2. The minimum absolute atomic E-state index is 0. The number of carbonyl (C=O) groups is 1. The second-order valence-electron chi connectivity index (χ2n) is 5.24. The van der Waals surface area contributed by atoms with Crippen molar-refractivity contribution in [2.45, 2.75) is 51.2 Å². The molecule has 1 aliphatic rings. The van der Waals surface area contributed by atoms with E-state index < -0.39 is 11.2 Å². The first-order valence-electron chi connectivity index (χ1n) is 5.46. The Morgan fingerprint density at radius 1 is 1.38 bits per heavy atom. The third-order valence-electron chi connectivity index (χ3n) is 2.43. The molecular weight excluding hydrogens is 230 g/mol. The quantitative estimate of drug-likeness (QED) is 0.726. The molecule has 0 bridgehead atoms. The molecule has 1 fully saturated rings. The van der Waals surface area contributed by atoms with Crippen LogP contribution in [0.2, 0.25) is 0 Å².